The van der Waals surface area contributed by atoms with Crippen LogP contribution in [-0.2, 0) is 32.7 Å². The van der Waals surface area contributed by atoms with Gasteiger partial charge in [0, 0.05) is 19.4 Å². The molecule has 2 atom stereocenters. The summed E-state index contributed by atoms with van der Waals surface area (Å²) in [6.07, 6.45) is 94.1. The zero-order valence-electron chi connectivity index (χ0n) is 55.6. The molecule has 10 heteroatoms. The molecular formula is C75H136NO8P. The van der Waals surface area contributed by atoms with Crippen molar-refractivity contribution < 1.29 is 37.6 Å². The van der Waals surface area contributed by atoms with Crippen LogP contribution in [0.4, 0.5) is 0 Å². The summed E-state index contributed by atoms with van der Waals surface area (Å²) >= 11 is 0. The Morgan fingerprint density at radius 2 is 0.647 bits per heavy atom. The van der Waals surface area contributed by atoms with Crippen LogP contribution < -0.4 is 5.73 Å². The van der Waals surface area contributed by atoms with Crippen LogP contribution in [0.25, 0.3) is 0 Å². The summed E-state index contributed by atoms with van der Waals surface area (Å²) in [7, 11) is -4.40. The second-order valence-electron chi connectivity index (χ2n) is 24.1. The van der Waals surface area contributed by atoms with Gasteiger partial charge in [-0.05, 0) is 89.9 Å². The molecule has 0 aliphatic heterocycles. The summed E-state index contributed by atoms with van der Waals surface area (Å²) in [6.45, 7) is 3.66. The Morgan fingerprint density at radius 1 is 0.365 bits per heavy atom. The predicted molar refractivity (Wildman–Crippen MR) is 367 cm³/mol. The Bertz CT molecular complexity index is 1670. The maximum Gasteiger partial charge on any atom is 0.472 e. The van der Waals surface area contributed by atoms with Crippen LogP contribution >= 0.6 is 7.82 Å². The van der Waals surface area contributed by atoms with Crippen LogP contribution in [0.5, 0.6) is 0 Å². The smallest absolute Gasteiger partial charge is 0.462 e. The number of carbonyl (C=O) groups excluding carboxylic acids is 2. The van der Waals surface area contributed by atoms with Crippen LogP contribution in [0.3, 0.4) is 0 Å². The van der Waals surface area contributed by atoms with Gasteiger partial charge in [-0.15, -0.1) is 0 Å². The van der Waals surface area contributed by atoms with Crippen LogP contribution in [0, 0.1) is 0 Å². The maximum absolute atomic E-state index is 12.8. The Labute approximate surface area is 525 Å². The minimum absolute atomic E-state index is 0.0515. The first-order valence-corrected chi connectivity index (χ1v) is 37.6. The quantitative estimate of drug-likeness (QED) is 0.0264. The zero-order chi connectivity index (χ0) is 61.6. The Hall–Kier alpha value is -2.81. The van der Waals surface area contributed by atoms with E-state index in [1.54, 1.807) is 0 Å². The van der Waals surface area contributed by atoms with Gasteiger partial charge < -0.3 is 20.1 Å². The van der Waals surface area contributed by atoms with E-state index in [2.05, 4.69) is 98.9 Å². The highest BCUT2D eigenvalue weighted by Gasteiger charge is 2.26. The van der Waals surface area contributed by atoms with Crippen molar-refractivity contribution in [2.45, 2.75) is 354 Å². The van der Waals surface area contributed by atoms with Crippen molar-refractivity contribution in [3.63, 3.8) is 0 Å². The first-order chi connectivity index (χ1) is 41.8. The van der Waals surface area contributed by atoms with Crippen LogP contribution in [0.2, 0.25) is 0 Å². The van der Waals surface area contributed by atoms with Gasteiger partial charge in [0.1, 0.15) is 6.61 Å². The van der Waals surface area contributed by atoms with Gasteiger partial charge in [0.2, 0.25) is 0 Å². The summed E-state index contributed by atoms with van der Waals surface area (Å²) < 4.78 is 33.2. The minimum Gasteiger partial charge on any atom is -0.462 e. The predicted octanol–water partition coefficient (Wildman–Crippen LogP) is 23.8. The fourth-order valence-corrected chi connectivity index (χ4v) is 11.2. The highest BCUT2D eigenvalue weighted by Crippen LogP contribution is 2.43. The van der Waals surface area contributed by atoms with Crippen molar-refractivity contribution in [3.8, 4) is 0 Å². The van der Waals surface area contributed by atoms with E-state index in [0.29, 0.717) is 6.42 Å². The number of phosphoric acid groups is 1. The van der Waals surface area contributed by atoms with E-state index < -0.39 is 26.5 Å². The van der Waals surface area contributed by atoms with Gasteiger partial charge in [-0.1, -0.05) is 330 Å². The van der Waals surface area contributed by atoms with E-state index in [-0.39, 0.29) is 38.6 Å². The highest BCUT2D eigenvalue weighted by atomic mass is 31.2. The average Bonchev–Trinajstić information content (AvgIpc) is 3.53. The first-order valence-electron chi connectivity index (χ1n) is 36.1. The molecule has 0 radical (unpaired) electrons. The summed E-state index contributed by atoms with van der Waals surface area (Å²) in [5, 5.41) is 0. The number of carbonyl (C=O) groups is 2. The summed E-state index contributed by atoms with van der Waals surface area (Å²) in [6, 6.07) is 0. The molecule has 0 aliphatic carbocycles. The number of hydrogen-bond donors (Lipinski definition) is 2. The molecule has 3 N–H and O–H groups in total. The van der Waals surface area contributed by atoms with Crippen molar-refractivity contribution in [2.75, 3.05) is 26.4 Å². The molecule has 0 spiro atoms. The van der Waals surface area contributed by atoms with E-state index in [4.69, 9.17) is 24.3 Å². The lowest BCUT2D eigenvalue weighted by atomic mass is 10.0. The highest BCUT2D eigenvalue weighted by molar-refractivity contribution is 7.47. The molecule has 85 heavy (non-hydrogen) atoms. The molecule has 0 aromatic heterocycles. The Balaban J connectivity index is 3.82. The van der Waals surface area contributed by atoms with Crippen molar-refractivity contribution in [1.82, 2.24) is 0 Å². The fraction of sp³-hybridized carbons (Fsp3) is 0.787. The SMILES string of the molecule is CC/C=C\C/C=C\C/C=C\C/C=C\C/C=C\CCCCCCCCCCCCCC(=O)OC(COC(=O)CCCCCCCCCCCCCCCCCCCCCCCCCCC/C=C\C/C=C\CCCCCCC)COP(=O)(O)OCCN. The second kappa shape index (κ2) is 70.3. The molecule has 0 aromatic rings. The number of esters is 2. The number of allylic oxidation sites excluding steroid dienone is 14. The van der Waals surface area contributed by atoms with Crippen LogP contribution in [0.15, 0.2) is 85.1 Å². The topological polar surface area (TPSA) is 134 Å². The van der Waals surface area contributed by atoms with Gasteiger partial charge in [-0.2, -0.15) is 0 Å². The number of ether oxygens (including phenoxy) is 2. The molecule has 2 unspecified atom stereocenters. The zero-order valence-corrected chi connectivity index (χ0v) is 56.5. The number of hydrogen-bond acceptors (Lipinski definition) is 8. The third-order valence-electron chi connectivity index (χ3n) is 15.8. The second-order valence-corrected chi connectivity index (χ2v) is 25.5. The van der Waals surface area contributed by atoms with Gasteiger partial charge in [-0.3, -0.25) is 18.6 Å². The molecule has 0 fully saturated rings. The lowest BCUT2D eigenvalue weighted by Gasteiger charge is -2.19. The fourth-order valence-electron chi connectivity index (χ4n) is 10.5. The molecule has 0 saturated heterocycles. The maximum atomic E-state index is 12.8. The number of rotatable bonds is 68. The Morgan fingerprint density at radius 3 is 0.965 bits per heavy atom. The summed E-state index contributed by atoms with van der Waals surface area (Å²) in [5.41, 5.74) is 5.40. The number of phosphoric ester groups is 1. The molecule has 0 saturated carbocycles. The molecule has 0 aliphatic rings. The minimum atomic E-state index is -4.40. The molecule has 0 bridgehead atoms. The van der Waals surface area contributed by atoms with Gasteiger partial charge in [0.05, 0.1) is 13.2 Å². The molecular weight excluding hydrogens is 1070 g/mol. The molecule has 0 rings (SSSR count). The molecule has 0 amide bonds. The van der Waals surface area contributed by atoms with Gasteiger partial charge in [0.15, 0.2) is 6.10 Å². The largest absolute Gasteiger partial charge is 0.472 e. The van der Waals surface area contributed by atoms with Crippen molar-refractivity contribution in [1.29, 1.82) is 0 Å². The normalized spacial score (nSPS) is 13.4. The summed E-state index contributed by atoms with van der Waals surface area (Å²) in [4.78, 5) is 35.4. The first kappa shape index (κ1) is 82.2. The number of nitrogens with two attached hydrogens (primary N) is 1. The molecule has 9 nitrogen and oxygen atoms in total. The monoisotopic (exact) mass is 1210 g/mol. The third kappa shape index (κ3) is 70.2. The van der Waals surface area contributed by atoms with E-state index in [9.17, 15) is 19.0 Å². The molecule has 494 valence electrons. The van der Waals surface area contributed by atoms with Crippen LogP contribution in [-0.4, -0.2) is 49.3 Å². The van der Waals surface area contributed by atoms with E-state index in [1.807, 2.05) is 0 Å². The molecule has 0 heterocycles. The third-order valence-corrected chi connectivity index (χ3v) is 16.7. The standard InChI is InChI=1S/C75H136NO8P/c1-3-5-7-9-11-13-15-17-19-21-23-25-27-29-31-32-33-34-35-36-37-38-39-40-42-43-45-47-49-51-53-55-57-59-61-63-65-67-74(77)81-71-73(72-83-85(79,80)82-70-69-76)84-75(78)68-66-64-62-60-58-56-54-52-50-48-46-44-41-30-28-26-24-22-20-18-16-14-12-10-8-6-4-2/h6,8,12,14-15,17-18,20-21,23-24,26,30,41,73H,3-5,7,9-11,13,16,19,22,25,27-29,31-40,42-72,76H2,1-2H3,(H,79,80)/b8-6-,14-12-,17-15-,20-18-,23-21-,26-24-,41-30-. The lowest BCUT2D eigenvalue weighted by molar-refractivity contribution is -0.161. The van der Waals surface area contributed by atoms with Gasteiger partial charge in [0.25, 0.3) is 0 Å². The van der Waals surface area contributed by atoms with Crippen molar-refractivity contribution in [2.24, 2.45) is 5.73 Å². The number of unbranched alkanes of at least 4 members (excludes halogenated alkanes) is 41. The van der Waals surface area contributed by atoms with E-state index in [1.165, 1.54) is 231 Å². The lowest BCUT2D eigenvalue weighted by Crippen LogP contribution is -2.29. The van der Waals surface area contributed by atoms with Crippen molar-refractivity contribution in [3.05, 3.63) is 85.1 Å². The van der Waals surface area contributed by atoms with Crippen LogP contribution in [0.1, 0.15) is 348 Å². The average molecular weight is 1210 g/mol. The van der Waals surface area contributed by atoms with Gasteiger partial charge in [-0.25, -0.2) is 4.57 Å². The summed E-state index contributed by atoms with van der Waals surface area (Å²) in [5.74, 6) is -0.819. The molecule has 0 aromatic carbocycles. The van der Waals surface area contributed by atoms with E-state index >= 15 is 0 Å². The van der Waals surface area contributed by atoms with E-state index in [0.717, 1.165) is 83.5 Å². The Kier molecular flexibility index (Phi) is 68.0. The van der Waals surface area contributed by atoms with Gasteiger partial charge >= 0.3 is 19.8 Å². The van der Waals surface area contributed by atoms with Crippen molar-refractivity contribution >= 4 is 19.8 Å².